The van der Waals surface area contributed by atoms with Gasteiger partial charge in [-0.25, -0.2) is 0 Å². The van der Waals surface area contributed by atoms with Crippen molar-refractivity contribution >= 4 is 0 Å². The molecular weight excluding hydrogens is 310 g/mol. The van der Waals surface area contributed by atoms with Gasteiger partial charge in [-0.05, 0) is 50.6 Å². The highest BCUT2D eigenvalue weighted by Gasteiger charge is 2.38. The van der Waals surface area contributed by atoms with Crippen LogP contribution in [-0.2, 0) is 11.3 Å². The maximum Gasteiger partial charge on any atom is 0.0632 e. The number of rotatable bonds is 9. The number of unbranched alkanes of at least 4 members (excludes halogenated alkanes) is 1. The van der Waals surface area contributed by atoms with Gasteiger partial charge in [0, 0.05) is 30.3 Å². The average Bonchev–Trinajstić information content (AvgIpc) is 2.99. The summed E-state index contributed by atoms with van der Waals surface area (Å²) < 4.78 is 6.32. The summed E-state index contributed by atoms with van der Waals surface area (Å²) in [5, 5.41) is 7.69. The summed E-state index contributed by atoms with van der Waals surface area (Å²) in [6.07, 6.45) is 8.41. The van der Waals surface area contributed by atoms with Crippen molar-refractivity contribution in [2.24, 2.45) is 11.3 Å². The zero-order valence-electron chi connectivity index (χ0n) is 17.3. The molecule has 1 aliphatic carbocycles. The molecule has 1 fully saturated rings. The van der Waals surface area contributed by atoms with Crippen molar-refractivity contribution in [2.45, 2.75) is 85.3 Å². The van der Waals surface area contributed by atoms with Crippen LogP contribution >= 0.6 is 0 Å². The first-order valence-electron chi connectivity index (χ1n) is 10.2. The van der Waals surface area contributed by atoms with Gasteiger partial charge in [0.15, 0.2) is 0 Å². The number of nitrogens with one attached hydrogen (secondary N) is 1. The minimum atomic E-state index is 0.267. The van der Waals surface area contributed by atoms with Gasteiger partial charge in [0.1, 0.15) is 0 Å². The van der Waals surface area contributed by atoms with Gasteiger partial charge in [0.05, 0.1) is 12.3 Å². The Kier molecular flexibility index (Phi) is 7.51. The van der Waals surface area contributed by atoms with E-state index >= 15 is 0 Å². The molecule has 4 heteroatoms. The molecular formula is C21H39N3O. The number of aromatic nitrogens is 2. The standard InChI is InChI=1S/C21H39N3O/c1-7-8-11-24(6)14-18-13-22-23-20(18)17-9-10-21(4,5)19(12-17)25-15-16(2)3/h13,16-17,19H,7-12,14-15H2,1-6H3,(H,22,23)/t17?,19-/m1/s1. The van der Waals surface area contributed by atoms with E-state index in [1.807, 2.05) is 6.20 Å². The highest BCUT2D eigenvalue weighted by Crippen LogP contribution is 2.44. The topological polar surface area (TPSA) is 41.2 Å². The van der Waals surface area contributed by atoms with Crippen molar-refractivity contribution in [1.82, 2.24) is 15.1 Å². The molecule has 1 N–H and O–H groups in total. The predicted molar refractivity (Wildman–Crippen MR) is 105 cm³/mol. The Labute approximate surface area is 154 Å². The minimum Gasteiger partial charge on any atom is -0.377 e. The first-order valence-corrected chi connectivity index (χ1v) is 10.2. The number of hydrogen-bond acceptors (Lipinski definition) is 3. The molecule has 0 amide bonds. The van der Waals surface area contributed by atoms with E-state index in [1.165, 1.54) is 36.9 Å². The molecule has 0 spiro atoms. The molecule has 0 bridgehead atoms. The number of aromatic amines is 1. The van der Waals surface area contributed by atoms with Crippen molar-refractivity contribution in [3.63, 3.8) is 0 Å². The predicted octanol–water partition coefficient (Wildman–Crippen LogP) is 4.98. The van der Waals surface area contributed by atoms with Gasteiger partial charge >= 0.3 is 0 Å². The monoisotopic (exact) mass is 349 g/mol. The second-order valence-corrected chi connectivity index (χ2v) is 9.08. The zero-order valence-corrected chi connectivity index (χ0v) is 17.3. The summed E-state index contributed by atoms with van der Waals surface area (Å²) in [4.78, 5) is 2.41. The SMILES string of the molecule is CCCCN(C)Cc1cn[nH]c1C1CCC(C)(C)[C@H](OCC(C)C)C1. The van der Waals surface area contributed by atoms with Gasteiger partial charge in [-0.2, -0.15) is 5.10 Å². The Bertz CT molecular complexity index is 509. The van der Waals surface area contributed by atoms with E-state index in [-0.39, 0.29) is 5.41 Å². The Balaban J connectivity index is 2.02. The molecule has 0 aliphatic heterocycles. The van der Waals surface area contributed by atoms with Gasteiger partial charge in [0.25, 0.3) is 0 Å². The lowest BCUT2D eigenvalue weighted by Crippen LogP contribution is -2.38. The number of hydrogen-bond donors (Lipinski definition) is 1. The number of H-pyrrole nitrogens is 1. The van der Waals surface area contributed by atoms with E-state index in [1.54, 1.807) is 0 Å². The summed E-state index contributed by atoms with van der Waals surface area (Å²) in [5.74, 6) is 1.13. The lowest BCUT2D eigenvalue weighted by Gasteiger charge is -2.42. The van der Waals surface area contributed by atoms with E-state index in [9.17, 15) is 0 Å². The molecule has 2 rings (SSSR count). The molecule has 0 radical (unpaired) electrons. The highest BCUT2D eigenvalue weighted by molar-refractivity contribution is 5.22. The molecule has 0 aromatic carbocycles. The summed E-state index contributed by atoms with van der Waals surface area (Å²) in [5.41, 5.74) is 2.98. The van der Waals surface area contributed by atoms with Crippen LogP contribution in [0.2, 0.25) is 0 Å². The van der Waals surface area contributed by atoms with Crippen LogP contribution in [0, 0.1) is 11.3 Å². The fraction of sp³-hybridized carbons (Fsp3) is 0.857. The first kappa shape index (κ1) is 20.4. The lowest BCUT2D eigenvalue weighted by atomic mass is 9.69. The van der Waals surface area contributed by atoms with E-state index in [2.05, 4.69) is 56.8 Å². The van der Waals surface area contributed by atoms with Gasteiger partial charge in [-0.15, -0.1) is 0 Å². The fourth-order valence-corrected chi connectivity index (χ4v) is 3.87. The Hall–Kier alpha value is -0.870. The van der Waals surface area contributed by atoms with Crippen molar-refractivity contribution in [3.05, 3.63) is 17.5 Å². The maximum absolute atomic E-state index is 6.32. The van der Waals surface area contributed by atoms with Crippen molar-refractivity contribution in [1.29, 1.82) is 0 Å². The van der Waals surface area contributed by atoms with Crippen LogP contribution in [-0.4, -0.2) is 41.4 Å². The minimum absolute atomic E-state index is 0.267. The Morgan fingerprint density at radius 2 is 2.16 bits per heavy atom. The van der Waals surface area contributed by atoms with Crippen LogP contribution in [0.4, 0.5) is 0 Å². The quantitative estimate of drug-likeness (QED) is 0.684. The third kappa shape index (κ3) is 5.82. The van der Waals surface area contributed by atoms with Crippen LogP contribution in [0.5, 0.6) is 0 Å². The lowest BCUT2D eigenvalue weighted by molar-refractivity contribution is -0.0650. The van der Waals surface area contributed by atoms with Gasteiger partial charge in [0.2, 0.25) is 0 Å². The summed E-state index contributed by atoms with van der Waals surface area (Å²) in [6.45, 7) is 14.4. The Morgan fingerprint density at radius 3 is 2.84 bits per heavy atom. The molecule has 1 aromatic rings. The first-order chi connectivity index (χ1) is 11.8. The summed E-state index contributed by atoms with van der Waals surface area (Å²) >= 11 is 0. The van der Waals surface area contributed by atoms with Crippen LogP contribution < -0.4 is 0 Å². The largest absolute Gasteiger partial charge is 0.377 e. The van der Waals surface area contributed by atoms with Crippen LogP contribution in [0.1, 0.15) is 83.9 Å². The second kappa shape index (κ2) is 9.18. The normalized spacial score (nSPS) is 23.5. The number of nitrogens with zero attached hydrogens (tertiary/aromatic N) is 2. The Morgan fingerprint density at radius 1 is 1.40 bits per heavy atom. The van der Waals surface area contributed by atoms with Gasteiger partial charge < -0.3 is 9.64 Å². The van der Waals surface area contributed by atoms with E-state index in [0.29, 0.717) is 17.9 Å². The molecule has 2 atom stereocenters. The zero-order chi connectivity index (χ0) is 18.4. The third-order valence-corrected chi connectivity index (χ3v) is 5.63. The molecule has 1 heterocycles. The number of ether oxygens (including phenoxy) is 1. The second-order valence-electron chi connectivity index (χ2n) is 9.08. The van der Waals surface area contributed by atoms with Crippen molar-refractivity contribution < 1.29 is 4.74 Å². The van der Waals surface area contributed by atoms with Gasteiger partial charge in [-0.3, -0.25) is 5.10 Å². The molecule has 1 aliphatic rings. The molecule has 0 saturated heterocycles. The van der Waals surface area contributed by atoms with E-state index in [0.717, 1.165) is 26.1 Å². The highest BCUT2D eigenvalue weighted by atomic mass is 16.5. The summed E-state index contributed by atoms with van der Waals surface area (Å²) in [6, 6.07) is 0. The third-order valence-electron chi connectivity index (χ3n) is 5.63. The van der Waals surface area contributed by atoms with Crippen LogP contribution in [0.3, 0.4) is 0 Å². The molecule has 144 valence electrons. The van der Waals surface area contributed by atoms with Crippen molar-refractivity contribution in [2.75, 3.05) is 20.2 Å². The molecule has 25 heavy (non-hydrogen) atoms. The van der Waals surface area contributed by atoms with E-state index < -0.39 is 0 Å². The molecule has 1 unspecified atom stereocenters. The molecule has 1 saturated carbocycles. The average molecular weight is 350 g/mol. The van der Waals surface area contributed by atoms with E-state index in [4.69, 9.17) is 4.74 Å². The molecule has 4 nitrogen and oxygen atoms in total. The van der Waals surface area contributed by atoms with Crippen LogP contribution in [0.15, 0.2) is 6.20 Å². The van der Waals surface area contributed by atoms with Crippen LogP contribution in [0.25, 0.3) is 0 Å². The van der Waals surface area contributed by atoms with Gasteiger partial charge in [-0.1, -0.05) is 41.0 Å². The maximum atomic E-state index is 6.32. The molecule has 1 aromatic heterocycles. The smallest absolute Gasteiger partial charge is 0.0632 e. The van der Waals surface area contributed by atoms with Crippen molar-refractivity contribution in [3.8, 4) is 0 Å². The summed E-state index contributed by atoms with van der Waals surface area (Å²) in [7, 11) is 2.21. The fourth-order valence-electron chi connectivity index (χ4n) is 3.87.